The molecule has 1 heterocycles. The van der Waals surface area contributed by atoms with Crippen LogP contribution in [0.5, 0.6) is 0 Å². The molecule has 0 bridgehead atoms. The Morgan fingerprint density at radius 3 is 2.42 bits per heavy atom. The highest BCUT2D eigenvalue weighted by molar-refractivity contribution is 7.99. The first kappa shape index (κ1) is 23.0. The molecule has 7 nitrogen and oxygen atoms in total. The molecule has 0 saturated heterocycles. The molecule has 0 saturated carbocycles. The molecule has 0 aliphatic rings. The summed E-state index contributed by atoms with van der Waals surface area (Å²) in [5.74, 6) is -0.330. The Labute approximate surface area is 186 Å². The summed E-state index contributed by atoms with van der Waals surface area (Å²) in [6.07, 6.45) is 1.64. The number of benzene rings is 2. The van der Waals surface area contributed by atoms with E-state index in [2.05, 4.69) is 16.4 Å². The Morgan fingerprint density at radius 1 is 1.06 bits per heavy atom. The van der Waals surface area contributed by atoms with Crippen LogP contribution < -0.4 is 5.32 Å². The number of hydrogen-bond donors (Lipinski definition) is 1. The van der Waals surface area contributed by atoms with Crippen LogP contribution in [0.4, 0.5) is 5.69 Å². The minimum absolute atomic E-state index is 0.0576. The van der Waals surface area contributed by atoms with Crippen molar-refractivity contribution in [3.05, 3.63) is 77.5 Å². The average molecular weight is 458 g/mol. The maximum absolute atomic E-state index is 12.9. The van der Waals surface area contributed by atoms with E-state index in [0.717, 1.165) is 9.36 Å². The van der Waals surface area contributed by atoms with Crippen LogP contribution in [0.2, 0.25) is 0 Å². The molecule has 0 atom stereocenters. The first-order chi connectivity index (χ1) is 14.7. The highest BCUT2D eigenvalue weighted by Gasteiger charge is 2.21. The van der Waals surface area contributed by atoms with Crippen LogP contribution in [0.3, 0.4) is 0 Å². The van der Waals surface area contributed by atoms with Crippen molar-refractivity contribution < 1.29 is 18.0 Å². The van der Waals surface area contributed by atoms with E-state index < -0.39 is 10.0 Å². The SMILES string of the molecule is CON(C)S(=O)(=O)c1ccc(NC(=O)c2cccnc2Sc2ccc(C)c(C)c2)cc1. The van der Waals surface area contributed by atoms with E-state index in [-0.39, 0.29) is 10.8 Å². The number of hydrogen-bond acceptors (Lipinski definition) is 6. The summed E-state index contributed by atoms with van der Waals surface area (Å²) < 4.78 is 25.3. The first-order valence-electron chi connectivity index (χ1n) is 9.37. The van der Waals surface area contributed by atoms with Crippen LogP contribution in [0, 0.1) is 13.8 Å². The minimum Gasteiger partial charge on any atom is -0.322 e. The van der Waals surface area contributed by atoms with Crippen LogP contribution in [0.1, 0.15) is 21.5 Å². The number of pyridine rings is 1. The second-order valence-corrected chi connectivity index (χ2v) is 9.78. The van der Waals surface area contributed by atoms with E-state index in [1.807, 2.05) is 26.0 Å². The molecule has 9 heteroatoms. The van der Waals surface area contributed by atoms with Gasteiger partial charge in [0.2, 0.25) is 0 Å². The Hall–Kier alpha value is -2.72. The van der Waals surface area contributed by atoms with E-state index in [4.69, 9.17) is 4.84 Å². The van der Waals surface area contributed by atoms with Crippen LogP contribution >= 0.6 is 11.8 Å². The number of hydroxylamine groups is 1. The van der Waals surface area contributed by atoms with E-state index in [9.17, 15) is 13.2 Å². The molecule has 1 aromatic heterocycles. The van der Waals surface area contributed by atoms with Gasteiger partial charge in [0.1, 0.15) is 5.03 Å². The van der Waals surface area contributed by atoms with Gasteiger partial charge in [-0.05, 0) is 73.5 Å². The van der Waals surface area contributed by atoms with Crippen molar-refractivity contribution in [2.75, 3.05) is 19.5 Å². The molecule has 3 aromatic rings. The van der Waals surface area contributed by atoms with Crippen molar-refractivity contribution in [3.63, 3.8) is 0 Å². The lowest BCUT2D eigenvalue weighted by molar-refractivity contribution is -0.0258. The van der Waals surface area contributed by atoms with Crippen LogP contribution in [0.15, 0.2) is 75.6 Å². The lowest BCUT2D eigenvalue weighted by Gasteiger charge is -2.14. The van der Waals surface area contributed by atoms with Gasteiger partial charge in [-0.25, -0.2) is 13.4 Å². The number of rotatable bonds is 7. The molecule has 31 heavy (non-hydrogen) atoms. The molecular formula is C22H23N3O4S2. The molecule has 0 radical (unpaired) electrons. The van der Waals surface area contributed by atoms with Crippen LogP contribution in [-0.4, -0.2) is 37.9 Å². The zero-order chi connectivity index (χ0) is 22.6. The first-order valence-corrected chi connectivity index (χ1v) is 11.6. The topological polar surface area (TPSA) is 88.6 Å². The second-order valence-electron chi connectivity index (χ2n) is 6.78. The van der Waals surface area contributed by atoms with Gasteiger partial charge >= 0.3 is 0 Å². The molecule has 0 aliphatic carbocycles. The van der Waals surface area contributed by atoms with Gasteiger partial charge in [-0.15, -0.1) is 0 Å². The summed E-state index contributed by atoms with van der Waals surface area (Å²) in [6.45, 7) is 4.09. The summed E-state index contributed by atoms with van der Waals surface area (Å²) in [5, 5.41) is 3.38. The van der Waals surface area contributed by atoms with E-state index in [1.54, 1.807) is 18.3 Å². The third-order valence-corrected chi connectivity index (χ3v) is 7.42. The number of nitrogens with one attached hydrogen (secondary N) is 1. The van der Waals surface area contributed by atoms with Crippen molar-refractivity contribution in [2.45, 2.75) is 28.7 Å². The maximum atomic E-state index is 12.9. The fourth-order valence-corrected chi connectivity index (χ4v) is 4.64. The molecule has 0 spiro atoms. The van der Waals surface area contributed by atoms with E-state index in [0.29, 0.717) is 16.3 Å². The number of amides is 1. The number of carbonyl (C=O) groups is 1. The van der Waals surface area contributed by atoms with Gasteiger partial charge in [-0.3, -0.25) is 9.63 Å². The minimum atomic E-state index is -3.75. The third kappa shape index (κ3) is 5.31. The summed E-state index contributed by atoms with van der Waals surface area (Å²) in [7, 11) is -1.17. The molecule has 0 unspecified atom stereocenters. The monoisotopic (exact) mass is 457 g/mol. The van der Waals surface area contributed by atoms with Gasteiger partial charge in [0.05, 0.1) is 17.6 Å². The number of nitrogens with zero attached hydrogens (tertiary/aromatic N) is 2. The third-order valence-electron chi connectivity index (χ3n) is 4.71. The van der Waals surface area contributed by atoms with Gasteiger partial charge in [-0.2, -0.15) is 0 Å². The largest absolute Gasteiger partial charge is 0.322 e. The molecule has 0 aliphatic heterocycles. The number of anilines is 1. The van der Waals surface area contributed by atoms with Crippen molar-refractivity contribution >= 4 is 33.4 Å². The molecular weight excluding hydrogens is 434 g/mol. The fourth-order valence-electron chi connectivity index (χ4n) is 2.69. The second kappa shape index (κ2) is 9.61. The van der Waals surface area contributed by atoms with Crippen molar-refractivity contribution in [1.82, 2.24) is 9.45 Å². The highest BCUT2D eigenvalue weighted by Crippen LogP contribution is 2.30. The maximum Gasteiger partial charge on any atom is 0.264 e. The standard InChI is InChI=1S/C22H23N3O4S2/c1-15-7-10-18(14-16(15)2)30-22-20(6-5-13-23-22)21(26)24-17-8-11-19(12-9-17)31(27,28)25(3)29-4/h5-14H,1-4H3,(H,24,26). The molecule has 3 rings (SSSR count). The smallest absolute Gasteiger partial charge is 0.264 e. The average Bonchev–Trinajstić information content (AvgIpc) is 2.76. The predicted octanol–water partition coefficient (Wildman–Crippen LogP) is 4.28. The molecule has 2 aromatic carbocycles. The summed E-state index contributed by atoms with van der Waals surface area (Å²) in [5.41, 5.74) is 3.27. The quantitative estimate of drug-likeness (QED) is 0.533. The van der Waals surface area contributed by atoms with E-state index >= 15 is 0 Å². The number of sulfonamides is 1. The molecule has 162 valence electrons. The number of carbonyl (C=O) groups excluding carboxylic acids is 1. The Bertz CT molecular complexity index is 1200. The lowest BCUT2D eigenvalue weighted by Crippen LogP contribution is -2.25. The fraction of sp³-hybridized carbons (Fsp3) is 0.182. The van der Waals surface area contributed by atoms with Gasteiger partial charge in [-0.1, -0.05) is 22.3 Å². The van der Waals surface area contributed by atoms with Crippen molar-refractivity contribution in [2.24, 2.45) is 0 Å². The van der Waals surface area contributed by atoms with Crippen LogP contribution in [-0.2, 0) is 14.9 Å². The Balaban J connectivity index is 1.79. The molecule has 1 amide bonds. The molecule has 1 N–H and O–H groups in total. The Kier molecular flexibility index (Phi) is 7.11. The van der Waals surface area contributed by atoms with Gasteiger partial charge in [0.15, 0.2) is 0 Å². The van der Waals surface area contributed by atoms with Gasteiger partial charge in [0, 0.05) is 23.8 Å². The predicted molar refractivity (Wildman–Crippen MR) is 121 cm³/mol. The summed E-state index contributed by atoms with van der Waals surface area (Å²) in [4.78, 5) is 23.1. The van der Waals surface area contributed by atoms with E-state index in [1.165, 1.54) is 61.3 Å². The number of aryl methyl sites for hydroxylation is 2. The van der Waals surface area contributed by atoms with Gasteiger partial charge in [0.25, 0.3) is 15.9 Å². The number of aromatic nitrogens is 1. The summed E-state index contributed by atoms with van der Waals surface area (Å²) >= 11 is 1.42. The van der Waals surface area contributed by atoms with Crippen molar-refractivity contribution in [3.8, 4) is 0 Å². The van der Waals surface area contributed by atoms with Crippen molar-refractivity contribution in [1.29, 1.82) is 0 Å². The van der Waals surface area contributed by atoms with Gasteiger partial charge < -0.3 is 5.32 Å². The van der Waals surface area contributed by atoms with Crippen LogP contribution in [0.25, 0.3) is 0 Å². The lowest BCUT2D eigenvalue weighted by atomic mass is 10.1. The zero-order valence-corrected chi connectivity index (χ0v) is 19.3. The highest BCUT2D eigenvalue weighted by atomic mass is 32.2. The zero-order valence-electron chi connectivity index (χ0n) is 17.6. The summed E-state index contributed by atoms with van der Waals surface area (Å²) in [6, 6.07) is 15.4. The normalized spacial score (nSPS) is 11.5. The Morgan fingerprint density at radius 2 is 1.77 bits per heavy atom. The molecule has 0 fully saturated rings.